The molecule has 0 rings (SSSR count). The fraction of sp³-hybridized carbons (Fsp3) is 0.800. The highest BCUT2D eigenvalue weighted by Gasteiger charge is 2.33. The third-order valence-electron chi connectivity index (χ3n) is 5.08. The van der Waals surface area contributed by atoms with Crippen molar-refractivity contribution < 1.29 is 19.5 Å². The Morgan fingerprint density at radius 3 is 1.90 bits per heavy atom. The number of carbonyl (C=O) groups excluding carboxylic acids is 1. The highest BCUT2D eigenvalue weighted by atomic mass is 16.4. The van der Waals surface area contributed by atoms with E-state index in [1.807, 2.05) is 21.1 Å². The lowest BCUT2D eigenvalue weighted by Crippen LogP contribution is -2.51. The Balaban J connectivity index is 3.72. The predicted octanol–water partition coefficient (Wildman–Crippen LogP) is 4.77. The van der Waals surface area contributed by atoms with Crippen LogP contribution in [0.2, 0.25) is 0 Å². The van der Waals surface area contributed by atoms with Crippen molar-refractivity contribution >= 4 is 5.97 Å². The van der Waals surface area contributed by atoms with Crippen molar-refractivity contribution in [2.24, 2.45) is 0 Å². The van der Waals surface area contributed by atoms with Crippen LogP contribution in [0.4, 0.5) is 0 Å². The molecule has 29 heavy (non-hydrogen) atoms. The molecule has 0 aliphatic rings. The Morgan fingerprint density at radius 2 is 1.38 bits per heavy atom. The van der Waals surface area contributed by atoms with Gasteiger partial charge in [0.2, 0.25) is 0 Å². The van der Waals surface area contributed by atoms with Crippen molar-refractivity contribution in [1.29, 1.82) is 0 Å². The number of hydrogen-bond acceptors (Lipinski definition) is 3. The molecular formula is C25H47NO3. The standard InChI is InChI=1S/C25H47NO3/c1-5-6-7-8-9-10-11-12-13-14-15-16-17-18-19-20-21-25(29,22-24(27)28)23-26(2,3)4/h9-10,12-13,29H,5-8,11,14-23H2,1-4H3/b10-9-,13-12-. The van der Waals surface area contributed by atoms with Gasteiger partial charge < -0.3 is 19.5 Å². The normalized spacial score (nSPS) is 14.7. The largest absolute Gasteiger partial charge is 0.550 e. The lowest BCUT2D eigenvalue weighted by atomic mass is 9.91. The molecule has 0 aromatic carbocycles. The minimum absolute atomic E-state index is 0.275. The summed E-state index contributed by atoms with van der Waals surface area (Å²) in [5.74, 6) is -1.17. The summed E-state index contributed by atoms with van der Waals surface area (Å²) in [6.45, 7) is 2.67. The molecule has 170 valence electrons. The Morgan fingerprint density at radius 1 is 0.862 bits per heavy atom. The maximum absolute atomic E-state index is 11.0. The molecule has 0 spiro atoms. The molecule has 1 atom stereocenters. The van der Waals surface area contributed by atoms with E-state index in [-0.39, 0.29) is 6.42 Å². The van der Waals surface area contributed by atoms with E-state index in [9.17, 15) is 15.0 Å². The predicted molar refractivity (Wildman–Crippen MR) is 121 cm³/mol. The smallest absolute Gasteiger partial charge is 0.119 e. The number of aliphatic hydroxyl groups is 1. The topological polar surface area (TPSA) is 60.4 Å². The summed E-state index contributed by atoms with van der Waals surface area (Å²) in [6.07, 6.45) is 23.5. The zero-order valence-electron chi connectivity index (χ0n) is 19.6. The summed E-state index contributed by atoms with van der Waals surface area (Å²) < 4.78 is 0.548. The first-order valence-electron chi connectivity index (χ1n) is 11.7. The fourth-order valence-electron chi connectivity index (χ4n) is 3.82. The minimum atomic E-state index is -1.17. The molecule has 0 aromatic heterocycles. The molecule has 1 N–H and O–H groups in total. The van der Waals surface area contributed by atoms with Gasteiger partial charge in [-0.15, -0.1) is 0 Å². The highest BCUT2D eigenvalue weighted by Crippen LogP contribution is 2.22. The van der Waals surface area contributed by atoms with Crippen molar-refractivity contribution in [3.8, 4) is 0 Å². The average molecular weight is 410 g/mol. The molecule has 4 nitrogen and oxygen atoms in total. The van der Waals surface area contributed by atoms with Gasteiger partial charge in [-0.3, -0.25) is 0 Å². The van der Waals surface area contributed by atoms with Gasteiger partial charge in [-0.25, -0.2) is 0 Å². The summed E-state index contributed by atoms with van der Waals surface area (Å²) in [6, 6.07) is 0. The molecule has 0 fully saturated rings. The molecule has 0 aliphatic heterocycles. The van der Waals surface area contributed by atoms with Crippen LogP contribution < -0.4 is 5.11 Å². The van der Waals surface area contributed by atoms with Gasteiger partial charge in [-0.05, 0) is 38.5 Å². The molecule has 0 aliphatic carbocycles. The molecule has 0 radical (unpaired) electrons. The van der Waals surface area contributed by atoms with Crippen molar-refractivity contribution in [1.82, 2.24) is 0 Å². The van der Waals surface area contributed by atoms with Crippen molar-refractivity contribution in [2.45, 2.75) is 102 Å². The SMILES string of the molecule is CCCCC/C=C\C/C=C\CCCCCCCCC(O)(CC(=O)[O-])C[N+](C)(C)C. The molecule has 1 unspecified atom stereocenters. The van der Waals surface area contributed by atoms with Crippen LogP contribution in [0.25, 0.3) is 0 Å². The van der Waals surface area contributed by atoms with Gasteiger partial charge >= 0.3 is 0 Å². The van der Waals surface area contributed by atoms with E-state index in [1.54, 1.807) is 0 Å². The number of carboxylic acids is 1. The summed E-state index contributed by atoms with van der Waals surface area (Å²) >= 11 is 0. The van der Waals surface area contributed by atoms with Gasteiger partial charge in [-0.1, -0.05) is 76.2 Å². The monoisotopic (exact) mass is 409 g/mol. The first kappa shape index (κ1) is 27.9. The molecule has 0 saturated carbocycles. The maximum atomic E-state index is 11.0. The van der Waals surface area contributed by atoms with Crippen molar-refractivity contribution in [3.05, 3.63) is 24.3 Å². The van der Waals surface area contributed by atoms with E-state index >= 15 is 0 Å². The second kappa shape index (κ2) is 16.6. The summed E-state index contributed by atoms with van der Waals surface area (Å²) in [4.78, 5) is 11.0. The van der Waals surface area contributed by atoms with E-state index in [2.05, 4.69) is 31.2 Å². The van der Waals surface area contributed by atoms with E-state index < -0.39 is 11.6 Å². The van der Waals surface area contributed by atoms with Crippen LogP contribution in [0.1, 0.15) is 96.8 Å². The van der Waals surface area contributed by atoms with Crippen LogP contribution in [-0.2, 0) is 4.79 Å². The number of rotatable bonds is 19. The number of carboxylic acid groups (broad SMARTS) is 1. The van der Waals surface area contributed by atoms with Gasteiger partial charge in [0.1, 0.15) is 12.1 Å². The quantitative estimate of drug-likeness (QED) is 0.190. The number of unbranched alkanes of at least 4 members (excludes halogenated alkanes) is 9. The number of nitrogens with zero attached hydrogens (tertiary/aromatic N) is 1. The third-order valence-corrected chi connectivity index (χ3v) is 5.08. The van der Waals surface area contributed by atoms with Gasteiger partial charge in [0, 0.05) is 12.4 Å². The molecule has 4 heteroatoms. The van der Waals surface area contributed by atoms with Crippen LogP contribution in [0.5, 0.6) is 0 Å². The number of allylic oxidation sites excluding steroid dienone is 4. The van der Waals surface area contributed by atoms with Gasteiger partial charge in [-0.2, -0.15) is 0 Å². The third kappa shape index (κ3) is 19.9. The zero-order valence-corrected chi connectivity index (χ0v) is 19.6. The molecular weight excluding hydrogens is 362 g/mol. The summed E-state index contributed by atoms with van der Waals surface area (Å²) in [5.41, 5.74) is -1.16. The number of carbonyl (C=O) groups is 1. The van der Waals surface area contributed by atoms with Crippen LogP contribution in [0.3, 0.4) is 0 Å². The number of hydrogen-bond donors (Lipinski definition) is 1. The van der Waals surface area contributed by atoms with Crippen molar-refractivity contribution in [3.63, 3.8) is 0 Å². The molecule has 0 amide bonds. The first-order chi connectivity index (χ1) is 13.7. The summed E-state index contributed by atoms with van der Waals surface area (Å²) in [5, 5.41) is 21.7. The highest BCUT2D eigenvalue weighted by molar-refractivity contribution is 5.65. The lowest BCUT2D eigenvalue weighted by Gasteiger charge is -2.36. The average Bonchev–Trinajstić information content (AvgIpc) is 2.59. The second-order valence-electron chi connectivity index (χ2n) is 9.56. The second-order valence-corrected chi connectivity index (χ2v) is 9.56. The van der Waals surface area contributed by atoms with E-state index in [0.717, 1.165) is 32.1 Å². The fourth-order valence-corrected chi connectivity index (χ4v) is 3.82. The van der Waals surface area contributed by atoms with E-state index in [1.165, 1.54) is 44.9 Å². The summed E-state index contributed by atoms with van der Waals surface area (Å²) in [7, 11) is 5.91. The number of quaternary nitrogens is 1. The Bertz CT molecular complexity index is 465. The van der Waals surface area contributed by atoms with Crippen molar-refractivity contribution in [2.75, 3.05) is 27.7 Å². The Hall–Kier alpha value is -1.13. The Kier molecular flexibility index (Phi) is 16.0. The molecule has 0 heterocycles. The van der Waals surface area contributed by atoms with Crippen LogP contribution in [-0.4, -0.2) is 48.8 Å². The number of aliphatic carboxylic acids is 1. The number of likely N-dealkylation sites (N-methyl/N-ethyl adjacent to an activating group) is 1. The van der Waals surface area contributed by atoms with Gasteiger partial charge in [0.05, 0.1) is 21.1 Å². The lowest BCUT2D eigenvalue weighted by molar-refractivity contribution is -0.877. The molecule has 0 bridgehead atoms. The zero-order chi connectivity index (χ0) is 22.0. The van der Waals surface area contributed by atoms with Gasteiger partial charge in [0.15, 0.2) is 0 Å². The van der Waals surface area contributed by atoms with E-state index in [4.69, 9.17) is 0 Å². The van der Waals surface area contributed by atoms with Crippen LogP contribution in [0, 0.1) is 0 Å². The van der Waals surface area contributed by atoms with Crippen LogP contribution >= 0.6 is 0 Å². The minimum Gasteiger partial charge on any atom is -0.550 e. The first-order valence-corrected chi connectivity index (χ1v) is 11.7. The maximum Gasteiger partial charge on any atom is 0.119 e. The van der Waals surface area contributed by atoms with Crippen LogP contribution in [0.15, 0.2) is 24.3 Å². The van der Waals surface area contributed by atoms with Gasteiger partial charge in [0.25, 0.3) is 0 Å². The molecule has 0 saturated heterocycles. The molecule has 0 aromatic rings. The Labute approximate surface area is 180 Å². The van der Waals surface area contributed by atoms with E-state index in [0.29, 0.717) is 17.4 Å².